The van der Waals surface area contributed by atoms with Gasteiger partial charge in [-0.3, -0.25) is 0 Å². The average Bonchev–Trinajstić information content (AvgIpc) is 1.55. The van der Waals surface area contributed by atoms with Crippen LogP contribution < -0.4 is 29.6 Å². The highest BCUT2D eigenvalue weighted by molar-refractivity contribution is 7.03. The van der Waals surface area contributed by atoms with E-state index < -0.39 is 18.9 Å². The van der Waals surface area contributed by atoms with E-state index in [1.54, 1.807) is 24.3 Å². The number of nitrogens with zero attached hydrogens (tertiary/aromatic N) is 2. The molecular weight excluding hydrogens is 1330 g/mol. The van der Waals surface area contributed by atoms with Gasteiger partial charge in [-0.15, -0.1) is 0 Å². The predicted octanol–water partition coefficient (Wildman–Crippen LogP) is 25.9. The highest BCUT2D eigenvalue weighted by Gasteiger charge is 2.49. The van der Waals surface area contributed by atoms with E-state index in [1.165, 1.54) is 32.6 Å². The molecule has 2 aliphatic carbocycles. The van der Waals surface area contributed by atoms with Crippen molar-refractivity contribution in [3.63, 3.8) is 0 Å². The van der Waals surface area contributed by atoms with Gasteiger partial charge in [-0.05, 0) is 267 Å². The molecule has 522 valence electrons. The van der Waals surface area contributed by atoms with Crippen LogP contribution in [0.3, 0.4) is 0 Å². The van der Waals surface area contributed by atoms with Gasteiger partial charge in [0.15, 0.2) is 0 Å². The third-order valence-corrected chi connectivity index (χ3v) is 26.1. The van der Waals surface area contributed by atoms with E-state index >= 15 is 8.78 Å². The third-order valence-electron chi connectivity index (χ3n) is 22.5. The lowest BCUT2D eigenvalue weighted by Crippen LogP contribution is -2.49. The number of halogens is 2. The molecule has 0 bridgehead atoms. The summed E-state index contributed by atoms with van der Waals surface area (Å²) in [6, 6.07) is 111. The van der Waals surface area contributed by atoms with Crippen LogP contribution in [-0.2, 0) is 21.7 Å². The maximum Gasteiger partial charge on any atom is 0.127 e. The molecule has 1 aliphatic heterocycles. The molecule has 0 saturated carbocycles. The summed E-state index contributed by atoms with van der Waals surface area (Å²) in [6.07, 6.45) is 3.66. The molecule has 0 saturated heterocycles. The summed E-state index contributed by atoms with van der Waals surface area (Å²) in [6.45, 7) is 26.3. The fourth-order valence-corrected chi connectivity index (χ4v) is 20.1. The summed E-state index contributed by atoms with van der Waals surface area (Å²) in [5.74, 6) is 2.31. The van der Waals surface area contributed by atoms with Crippen LogP contribution in [0.2, 0.25) is 13.1 Å². The van der Waals surface area contributed by atoms with Crippen LogP contribution in [0.4, 0.5) is 42.9 Å². The van der Waals surface area contributed by atoms with Gasteiger partial charge in [0.25, 0.3) is 0 Å². The van der Waals surface area contributed by atoms with Crippen LogP contribution in [-0.4, -0.2) is 8.07 Å². The van der Waals surface area contributed by atoms with E-state index in [4.69, 9.17) is 9.47 Å². The Balaban J connectivity index is 0.813. The first-order valence-corrected chi connectivity index (χ1v) is 39.9. The minimum absolute atomic E-state index is 0.0724. The van der Waals surface area contributed by atoms with E-state index in [2.05, 4.69) is 296 Å². The van der Waals surface area contributed by atoms with Crippen molar-refractivity contribution in [2.45, 2.75) is 76.3 Å². The van der Waals surface area contributed by atoms with E-state index in [-0.39, 0.29) is 22.5 Å². The lowest BCUT2D eigenvalue weighted by molar-refractivity contribution is 0.482. The first kappa shape index (κ1) is 68.0. The zero-order valence-corrected chi connectivity index (χ0v) is 62.6. The number of hydrogen-bond donors (Lipinski definition) is 0. The topological polar surface area (TPSA) is 24.9 Å². The van der Waals surface area contributed by atoms with E-state index in [0.29, 0.717) is 0 Å². The summed E-state index contributed by atoms with van der Waals surface area (Å²) < 4.78 is 43.9. The summed E-state index contributed by atoms with van der Waals surface area (Å²) in [5, 5.41) is 2.65. The molecule has 14 aromatic carbocycles. The van der Waals surface area contributed by atoms with Gasteiger partial charge < -0.3 is 19.3 Å². The van der Waals surface area contributed by atoms with Crippen LogP contribution in [0.15, 0.2) is 329 Å². The molecule has 0 amide bonds. The standard InChI is InChI=1S/C100H82F2N2O2Si/c1-11-65-21-49-81(50-22-65)105-83-53-33-71(34-54-83)99(69-29-25-67(26-30-69)97(3,4)5)91-19-15-13-17-85(91)87-57-45-79(63-93(87)99)103(75-41-37-73(101)38-42-75)77-47-59-95-89(61-77)90-62-78(48-60-96(90)107(95,9)10)104(76-43-39-74(102)40-44-76)80-46-58-88-86-18-14-16-20-92(86)100(94(88)64-80,70-31-27-68(28-32-70)98(6,7)8)72-35-55-84(56-36-72)106-82-51-23-66(12-2)24-52-82/h11-64H,1-2H2,3-10H3. The Morgan fingerprint density at radius 1 is 0.308 bits per heavy atom. The highest BCUT2D eigenvalue weighted by Crippen LogP contribution is 2.60. The molecule has 2 unspecified atom stereocenters. The van der Waals surface area contributed by atoms with Crippen molar-refractivity contribution in [1.29, 1.82) is 0 Å². The normalized spacial score (nSPS) is 15.6. The van der Waals surface area contributed by atoms with Crippen LogP contribution in [0.5, 0.6) is 23.0 Å². The molecule has 4 nitrogen and oxygen atoms in total. The number of benzene rings is 14. The molecule has 0 aromatic heterocycles. The number of hydrogen-bond acceptors (Lipinski definition) is 4. The fourth-order valence-electron chi connectivity index (χ4n) is 17.1. The minimum atomic E-state index is -2.37. The van der Waals surface area contributed by atoms with Crippen LogP contribution in [0.1, 0.15) is 108 Å². The molecule has 3 aliphatic rings. The van der Waals surface area contributed by atoms with E-state index in [0.717, 1.165) is 135 Å². The zero-order valence-electron chi connectivity index (χ0n) is 61.6. The SMILES string of the molecule is C=Cc1ccc(Oc2ccc(C3(c4ccc(C(C)(C)C)cc4)c4ccccc4-c4ccc(N(c5ccc(F)cc5)c5ccc6c(c5)-c5cc(N(c7ccc(F)cc7)c7ccc8c(c7)C(c7ccc(Oc9ccc(C=C)cc9)cc7)(c7ccc(C(C)(C)C)cc7)c7ccccc7-8)ccc5[Si]6(C)C)cc43)cc2)cc1. The Labute approximate surface area is 628 Å². The van der Waals surface area contributed by atoms with Gasteiger partial charge in [-0.1, -0.05) is 250 Å². The lowest BCUT2D eigenvalue weighted by atomic mass is 9.67. The van der Waals surface area contributed by atoms with Gasteiger partial charge in [-0.25, -0.2) is 8.78 Å². The maximum absolute atomic E-state index is 15.5. The Hall–Kier alpha value is -12.2. The number of anilines is 6. The number of rotatable bonds is 16. The molecule has 1 heterocycles. The summed E-state index contributed by atoms with van der Waals surface area (Å²) in [5.41, 5.74) is 24.2. The number of fused-ring (bicyclic) bond motifs is 9. The lowest BCUT2D eigenvalue weighted by Gasteiger charge is -2.35. The molecule has 7 heteroatoms. The van der Waals surface area contributed by atoms with Gasteiger partial charge >= 0.3 is 0 Å². The van der Waals surface area contributed by atoms with Gasteiger partial charge in [-0.2, -0.15) is 0 Å². The molecule has 0 fully saturated rings. The first-order valence-electron chi connectivity index (χ1n) is 36.9. The molecule has 107 heavy (non-hydrogen) atoms. The van der Waals surface area contributed by atoms with E-state index in [9.17, 15) is 0 Å². The summed E-state index contributed by atoms with van der Waals surface area (Å²) >= 11 is 0. The molecule has 0 radical (unpaired) electrons. The largest absolute Gasteiger partial charge is 0.457 e. The van der Waals surface area contributed by atoms with Crippen molar-refractivity contribution in [3.05, 3.63) is 407 Å². The van der Waals surface area contributed by atoms with Crippen LogP contribution in [0, 0.1) is 11.6 Å². The van der Waals surface area contributed by atoms with Gasteiger partial charge in [0, 0.05) is 34.1 Å². The summed E-state index contributed by atoms with van der Waals surface area (Å²) in [7, 11) is -2.37. The smallest absolute Gasteiger partial charge is 0.127 e. The number of ether oxygens (including phenoxy) is 2. The summed E-state index contributed by atoms with van der Waals surface area (Å²) in [4.78, 5) is 4.58. The van der Waals surface area contributed by atoms with Crippen LogP contribution >= 0.6 is 0 Å². The fraction of sp³-hybridized carbons (Fsp3) is 0.120. The third kappa shape index (κ3) is 11.5. The van der Waals surface area contributed by atoms with Crippen molar-refractivity contribution in [3.8, 4) is 56.4 Å². The Morgan fingerprint density at radius 2 is 0.598 bits per heavy atom. The van der Waals surface area contributed by atoms with Crippen molar-refractivity contribution >= 4 is 64.7 Å². The Kier molecular flexibility index (Phi) is 16.6. The Bertz CT molecular complexity index is 5420. The Morgan fingerprint density at radius 3 is 0.935 bits per heavy atom. The quantitative estimate of drug-likeness (QED) is 0.0900. The van der Waals surface area contributed by atoms with E-state index in [1.807, 2.05) is 84.9 Å². The molecule has 0 N–H and O–H groups in total. The predicted molar refractivity (Wildman–Crippen MR) is 443 cm³/mol. The second kappa shape index (κ2) is 26.2. The zero-order chi connectivity index (χ0) is 73.7. The van der Waals surface area contributed by atoms with Crippen molar-refractivity contribution < 1.29 is 18.3 Å². The van der Waals surface area contributed by atoms with Gasteiger partial charge in [0.05, 0.1) is 10.8 Å². The second-order valence-electron chi connectivity index (χ2n) is 31.2. The minimum Gasteiger partial charge on any atom is -0.457 e. The highest BCUT2D eigenvalue weighted by atomic mass is 28.3. The first-order chi connectivity index (χ1) is 51.7. The molecule has 2 atom stereocenters. The molecule has 14 aromatic rings. The molecular formula is C100H82F2N2O2Si. The van der Waals surface area contributed by atoms with Crippen molar-refractivity contribution in [2.75, 3.05) is 9.80 Å². The second-order valence-corrected chi connectivity index (χ2v) is 35.5. The molecule has 17 rings (SSSR count). The van der Waals surface area contributed by atoms with Crippen molar-refractivity contribution in [1.82, 2.24) is 0 Å². The van der Waals surface area contributed by atoms with Gasteiger partial charge in [0.1, 0.15) is 42.7 Å². The maximum atomic E-state index is 15.5. The molecule has 0 spiro atoms. The van der Waals surface area contributed by atoms with Crippen molar-refractivity contribution in [2.24, 2.45) is 0 Å². The average molecular weight is 1410 g/mol. The van der Waals surface area contributed by atoms with Gasteiger partial charge in [0.2, 0.25) is 0 Å². The van der Waals surface area contributed by atoms with Crippen LogP contribution in [0.25, 0.3) is 45.5 Å². The monoisotopic (exact) mass is 1410 g/mol.